The summed E-state index contributed by atoms with van der Waals surface area (Å²) in [5, 5.41) is 0. The lowest BCUT2D eigenvalue weighted by molar-refractivity contribution is 0.0782. The highest BCUT2D eigenvalue weighted by Crippen LogP contribution is 2.26. The largest absolute Gasteiger partial charge is 0.341 e. The number of hydrogen-bond donors (Lipinski definition) is 0. The first kappa shape index (κ1) is 8.44. The second kappa shape index (κ2) is 2.96. The molecule has 0 aliphatic carbocycles. The van der Waals surface area contributed by atoms with Crippen LogP contribution in [-0.2, 0) is 6.42 Å². The summed E-state index contributed by atoms with van der Waals surface area (Å²) in [5.41, 5.74) is 0.709. The highest BCUT2D eigenvalue weighted by Gasteiger charge is 2.23. The molecule has 0 fully saturated rings. The Morgan fingerprint density at radius 2 is 2.38 bits per heavy atom. The lowest BCUT2D eigenvalue weighted by Gasteiger charge is -2.21. The van der Waals surface area contributed by atoms with Crippen LogP contribution < -0.4 is 0 Å². The molecule has 0 N–H and O–H groups in total. The van der Waals surface area contributed by atoms with Crippen LogP contribution in [0.5, 0.6) is 0 Å². The maximum absolute atomic E-state index is 11.6. The van der Waals surface area contributed by atoms with Crippen molar-refractivity contribution in [3.63, 3.8) is 0 Å². The van der Waals surface area contributed by atoms with Crippen molar-refractivity contribution in [1.82, 2.24) is 4.90 Å². The molecule has 3 nitrogen and oxygen atoms in total. The fourth-order valence-corrected chi connectivity index (χ4v) is 2.41. The Morgan fingerprint density at radius 3 is 3.08 bits per heavy atom. The van der Waals surface area contributed by atoms with Gasteiger partial charge in [0.05, 0.1) is 10.4 Å². The zero-order chi connectivity index (χ0) is 9.42. The van der Waals surface area contributed by atoms with E-state index < -0.39 is 0 Å². The van der Waals surface area contributed by atoms with Gasteiger partial charge >= 0.3 is 0 Å². The predicted molar refractivity (Wildman–Crippen MR) is 50.4 cm³/mol. The van der Waals surface area contributed by atoms with E-state index in [-0.39, 0.29) is 5.91 Å². The Bertz CT molecular complexity index is 370. The quantitative estimate of drug-likeness (QED) is 0.631. The van der Waals surface area contributed by atoms with Gasteiger partial charge in [0.2, 0.25) is 0 Å². The van der Waals surface area contributed by atoms with Gasteiger partial charge in [-0.15, -0.1) is 11.3 Å². The minimum Gasteiger partial charge on any atom is -0.341 e. The number of amides is 1. The fraction of sp³-hybridized carbons (Fsp3) is 0.333. The van der Waals surface area contributed by atoms with Crippen molar-refractivity contribution < 1.29 is 9.59 Å². The fourth-order valence-electron chi connectivity index (χ4n) is 1.45. The van der Waals surface area contributed by atoms with Gasteiger partial charge in [-0.2, -0.15) is 0 Å². The van der Waals surface area contributed by atoms with E-state index in [2.05, 4.69) is 0 Å². The molecule has 0 atom stereocenters. The molecule has 68 valence electrons. The SMILES string of the molecule is CN1CCc2sc(C=O)cc2C1=O. The van der Waals surface area contributed by atoms with Crippen molar-refractivity contribution in [2.24, 2.45) is 0 Å². The van der Waals surface area contributed by atoms with Gasteiger partial charge in [-0.05, 0) is 6.07 Å². The second-order valence-corrected chi connectivity index (χ2v) is 4.25. The van der Waals surface area contributed by atoms with E-state index in [1.54, 1.807) is 18.0 Å². The van der Waals surface area contributed by atoms with Crippen LogP contribution in [0.4, 0.5) is 0 Å². The average molecular weight is 195 g/mol. The van der Waals surface area contributed by atoms with E-state index in [9.17, 15) is 9.59 Å². The molecule has 4 heteroatoms. The molecule has 0 unspecified atom stereocenters. The molecule has 1 aromatic heterocycles. The van der Waals surface area contributed by atoms with E-state index in [1.165, 1.54) is 11.3 Å². The number of carbonyl (C=O) groups excluding carboxylic acids is 2. The average Bonchev–Trinajstić information content (AvgIpc) is 2.55. The summed E-state index contributed by atoms with van der Waals surface area (Å²) < 4.78 is 0. The van der Waals surface area contributed by atoms with Crippen LogP contribution in [0.2, 0.25) is 0 Å². The number of carbonyl (C=O) groups is 2. The molecule has 0 spiro atoms. The number of likely N-dealkylation sites (N-methyl/N-ethyl adjacent to an activating group) is 1. The Labute approximate surface area is 80.0 Å². The van der Waals surface area contributed by atoms with Crippen LogP contribution in [0, 0.1) is 0 Å². The molecular weight excluding hydrogens is 186 g/mol. The molecule has 0 saturated carbocycles. The molecule has 1 aromatic rings. The predicted octanol–water partition coefficient (Wildman–Crippen LogP) is 1.19. The second-order valence-electron chi connectivity index (χ2n) is 3.08. The molecule has 13 heavy (non-hydrogen) atoms. The molecular formula is C9H9NO2S. The molecule has 1 aliphatic rings. The van der Waals surface area contributed by atoms with Gasteiger partial charge < -0.3 is 4.90 Å². The van der Waals surface area contributed by atoms with E-state index in [0.717, 1.165) is 24.1 Å². The highest BCUT2D eigenvalue weighted by molar-refractivity contribution is 7.14. The van der Waals surface area contributed by atoms with Gasteiger partial charge in [-0.3, -0.25) is 9.59 Å². The summed E-state index contributed by atoms with van der Waals surface area (Å²) in [7, 11) is 1.78. The van der Waals surface area contributed by atoms with Crippen molar-refractivity contribution in [1.29, 1.82) is 0 Å². The third-order valence-electron chi connectivity index (χ3n) is 2.20. The van der Waals surface area contributed by atoms with Crippen molar-refractivity contribution in [2.45, 2.75) is 6.42 Å². The van der Waals surface area contributed by atoms with Gasteiger partial charge in [0.1, 0.15) is 0 Å². The lowest BCUT2D eigenvalue weighted by atomic mass is 10.1. The summed E-state index contributed by atoms with van der Waals surface area (Å²) in [6, 6.07) is 1.69. The van der Waals surface area contributed by atoms with Crippen LogP contribution in [0.25, 0.3) is 0 Å². The standard InChI is InChI=1S/C9H9NO2S/c1-10-3-2-8-7(9(10)12)4-6(5-11)13-8/h4-5H,2-3H2,1H3. The van der Waals surface area contributed by atoms with Crippen LogP contribution in [-0.4, -0.2) is 30.7 Å². The molecule has 1 aliphatic heterocycles. The Hall–Kier alpha value is -1.16. The normalized spacial score (nSPS) is 15.8. The van der Waals surface area contributed by atoms with Crippen LogP contribution in [0.1, 0.15) is 24.9 Å². The molecule has 0 bridgehead atoms. The number of fused-ring (bicyclic) bond motifs is 1. The van der Waals surface area contributed by atoms with Gasteiger partial charge in [0.15, 0.2) is 6.29 Å². The van der Waals surface area contributed by atoms with Gasteiger partial charge in [-0.1, -0.05) is 0 Å². The minimum atomic E-state index is 0.0330. The lowest BCUT2D eigenvalue weighted by Crippen LogP contribution is -2.32. The van der Waals surface area contributed by atoms with E-state index in [0.29, 0.717) is 10.4 Å². The highest BCUT2D eigenvalue weighted by atomic mass is 32.1. The number of rotatable bonds is 1. The first-order valence-corrected chi connectivity index (χ1v) is 4.87. The van der Waals surface area contributed by atoms with Crippen molar-refractivity contribution in [3.05, 3.63) is 21.4 Å². The molecule has 2 heterocycles. The van der Waals surface area contributed by atoms with Crippen molar-refractivity contribution >= 4 is 23.5 Å². The third-order valence-corrected chi connectivity index (χ3v) is 3.32. The van der Waals surface area contributed by atoms with Gasteiger partial charge in [0, 0.05) is 24.9 Å². The molecule has 0 saturated heterocycles. The maximum Gasteiger partial charge on any atom is 0.254 e. The Balaban J connectivity index is 2.47. The van der Waals surface area contributed by atoms with E-state index >= 15 is 0 Å². The summed E-state index contributed by atoms with van der Waals surface area (Å²) in [5.74, 6) is 0.0330. The molecule has 0 radical (unpaired) electrons. The van der Waals surface area contributed by atoms with Gasteiger partial charge in [0.25, 0.3) is 5.91 Å². The summed E-state index contributed by atoms with van der Waals surface area (Å²) in [6.45, 7) is 0.755. The zero-order valence-corrected chi connectivity index (χ0v) is 8.06. The van der Waals surface area contributed by atoms with E-state index in [1.807, 2.05) is 0 Å². The van der Waals surface area contributed by atoms with Gasteiger partial charge in [-0.25, -0.2) is 0 Å². The molecule has 0 aromatic carbocycles. The third kappa shape index (κ3) is 1.27. The maximum atomic E-state index is 11.6. The first-order valence-electron chi connectivity index (χ1n) is 4.05. The smallest absolute Gasteiger partial charge is 0.254 e. The van der Waals surface area contributed by atoms with Crippen molar-refractivity contribution in [3.8, 4) is 0 Å². The number of nitrogens with zero attached hydrogens (tertiary/aromatic N) is 1. The first-order chi connectivity index (χ1) is 6.22. The molecule has 1 amide bonds. The van der Waals surface area contributed by atoms with Crippen LogP contribution in [0.15, 0.2) is 6.07 Å². The summed E-state index contributed by atoms with van der Waals surface area (Å²) in [4.78, 5) is 25.4. The number of thiophene rings is 1. The summed E-state index contributed by atoms with van der Waals surface area (Å²) in [6.07, 6.45) is 1.67. The van der Waals surface area contributed by atoms with E-state index in [4.69, 9.17) is 0 Å². The number of aldehydes is 1. The zero-order valence-electron chi connectivity index (χ0n) is 7.24. The van der Waals surface area contributed by atoms with Crippen LogP contribution in [0.3, 0.4) is 0 Å². The topological polar surface area (TPSA) is 37.4 Å². The minimum absolute atomic E-state index is 0.0330. The Morgan fingerprint density at radius 1 is 1.62 bits per heavy atom. The molecule has 2 rings (SSSR count). The Kier molecular flexibility index (Phi) is 1.92. The van der Waals surface area contributed by atoms with Crippen molar-refractivity contribution in [2.75, 3.05) is 13.6 Å². The number of hydrogen-bond acceptors (Lipinski definition) is 3. The monoisotopic (exact) mass is 195 g/mol. The summed E-state index contributed by atoms with van der Waals surface area (Å²) >= 11 is 1.43. The van der Waals surface area contributed by atoms with Crippen LogP contribution >= 0.6 is 11.3 Å².